The minimum Gasteiger partial charge on any atom is -0.384 e. The topological polar surface area (TPSA) is 56.2 Å². The predicted molar refractivity (Wildman–Crippen MR) is 75.5 cm³/mol. The third kappa shape index (κ3) is 2.46. The summed E-state index contributed by atoms with van der Waals surface area (Å²) in [5, 5.41) is 4.01. The summed E-state index contributed by atoms with van der Waals surface area (Å²) in [6, 6.07) is 6.44. The number of alkyl halides is 3. The molecule has 2 heterocycles. The van der Waals surface area contributed by atoms with E-state index in [4.69, 9.17) is 5.73 Å². The molecule has 2 N–H and O–H groups in total. The molecule has 0 aliphatic carbocycles. The summed E-state index contributed by atoms with van der Waals surface area (Å²) in [5.41, 5.74) is 6.26. The van der Waals surface area contributed by atoms with Crippen LogP contribution in [0, 0.1) is 0 Å². The first-order valence-corrected chi connectivity index (χ1v) is 6.63. The fourth-order valence-corrected chi connectivity index (χ4v) is 2.31. The Balaban J connectivity index is 2.18. The van der Waals surface area contributed by atoms with E-state index in [1.807, 2.05) is 0 Å². The van der Waals surface area contributed by atoms with Gasteiger partial charge in [0.1, 0.15) is 5.82 Å². The van der Waals surface area contributed by atoms with Gasteiger partial charge in [0.2, 0.25) is 0 Å². The number of aromatic nitrogens is 3. The van der Waals surface area contributed by atoms with Crippen molar-refractivity contribution in [3.63, 3.8) is 0 Å². The van der Waals surface area contributed by atoms with Crippen LogP contribution in [0.25, 0.3) is 16.9 Å². The average molecular weight is 357 g/mol. The lowest BCUT2D eigenvalue weighted by Crippen LogP contribution is -2.05. The zero-order valence-corrected chi connectivity index (χ0v) is 12.0. The summed E-state index contributed by atoms with van der Waals surface area (Å²) in [6.07, 6.45) is -2.88. The second kappa shape index (κ2) is 4.73. The number of fused-ring (bicyclic) bond motifs is 1. The zero-order valence-electron chi connectivity index (χ0n) is 10.4. The lowest BCUT2D eigenvalue weighted by molar-refractivity contribution is -0.137. The van der Waals surface area contributed by atoms with E-state index in [1.165, 1.54) is 22.8 Å². The number of halogens is 4. The van der Waals surface area contributed by atoms with Gasteiger partial charge in [-0.05, 0) is 28.1 Å². The van der Waals surface area contributed by atoms with Crippen LogP contribution in [-0.4, -0.2) is 14.6 Å². The highest BCUT2D eigenvalue weighted by atomic mass is 79.9. The number of hydrogen-bond acceptors (Lipinski definition) is 3. The van der Waals surface area contributed by atoms with Gasteiger partial charge in [-0.1, -0.05) is 12.1 Å². The average Bonchev–Trinajstić information content (AvgIpc) is 2.80. The highest BCUT2D eigenvalue weighted by Gasteiger charge is 2.30. The Hall–Kier alpha value is -2.09. The van der Waals surface area contributed by atoms with E-state index < -0.39 is 11.7 Å². The lowest BCUT2D eigenvalue weighted by atomic mass is 10.1. The van der Waals surface area contributed by atoms with E-state index in [-0.39, 0.29) is 5.82 Å². The van der Waals surface area contributed by atoms with Crippen LogP contribution >= 0.6 is 15.9 Å². The molecule has 0 radical (unpaired) electrons. The Labute approximate surface area is 125 Å². The fraction of sp³-hybridized carbons (Fsp3) is 0.0769. The van der Waals surface area contributed by atoms with Crippen molar-refractivity contribution in [2.75, 3.05) is 5.73 Å². The summed E-state index contributed by atoms with van der Waals surface area (Å²) in [5.74, 6) is 0.290. The maximum atomic E-state index is 12.8. The van der Waals surface area contributed by atoms with E-state index in [0.29, 0.717) is 21.4 Å². The monoisotopic (exact) mass is 356 g/mol. The second-order valence-electron chi connectivity index (χ2n) is 4.37. The molecule has 4 nitrogen and oxygen atoms in total. The zero-order chi connectivity index (χ0) is 15.2. The van der Waals surface area contributed by atoms with Crippen LogP contribution in [0.2, 0.25) is 0 Å². The van der Waals surface area contributed by atoms with Crippen molar-refractivity contribution >= 4 is 27.4 Å². The number of nitrogens with zero attached hydrogens (tertiary/aromatic N) is 3. The minimum absolute atomic E-state index is 0.290. The highest BCUT2D eigenvalue weighted by Crippen LogP contribution is 2.32. The quantitative estimate of drug-likeness (QED) is 0.722. The van der Waals surface area contributed by atoms with Crippen molar-refractivity contribution in [1.29, 1.82) is 0 Å². The Morgan fingerprint density at radius 1 is 1.19 bits per heavy atom. The van der Waals surface area contributed by atoms with Gasteiger partial charge in [-0.25, -0.2) is 4.98 Å². The molecule has 0 bridgehead atoms. The number of rotatable bonds is 1. The molecule has 1 aromatic carbocycles. The van der Waals surface area contributed by atoms with E-state index in [2.05, 4.69) is 26.0 Å². The second-order valence-corrected chi connectivity index (χ2v) is 5.23. The minimum atomic E-state index is -4.40. The van der Waals surface area contributed by atoms with Gasteiger partial charge < -0.3 is 5.73 Å². The molecular weight excluding hydrogens is 349 g/mol. The van der Waals surface area contributed by atoms with Gasteiger partial charge >= 0.3 is 6.18 Å². The fourth-order valence-electron chi connectivity index (χ4n) is 1.96. The van der Waals surface area contributed by atoms with Gasteiger partial charge in [0, 0.05) is 11.6 Å². The highest BCUT2D eigenvalue weighted by molar-refractivity contribution is 9.10. The Morgan fingerprint density at radius 2 is 1.95 bits per heavy atom. The molecule has 0 spiro atoms. The molecule has 8 heteroatoms. The van der Waals surface area contributed by atoms with E-state index in [1.54, 1.807) is 6.07 Å². The molecular formula is C13H8BrF3N4. The van der Waals surface area contributed by atoms with Crippen molar-refractivity contribution in [2.24, 2.45) is 0 Å². The molecule has 0 fully saturated rings. The van der Waals surface area contributed by atoms with Crippen LogP contribution in [0.4, 0.5) is 19.0 Å². The third-order valence-electron chi connectivity index (χ3n) is 2.94. The Kier molecular flexibility index (Phi) is 3.12. The molecule has 0 aliphatic rings. The van der Waals surface area contributed by atoms with Gasteiger partial charge in [0.25, 0.3) is 0 Å². The molecule has 0 saturated heterocycles. The van der Waals surface area contributed by atoms with E-state index in [9.17, 15) is 13.2 Å². The van der Waals surface area contributed by atoms with Crippen molar-refractivity contribution in [3.8, 4) is 11.3 Å². The maximum Gasteiger partial charge on any atom is 0.416 e. The smallest absolute Gasteiger partial charge is 0.384 e. The Bertz CT molecular complexity index is 826. The van der Waals surface area contributed by atoms with Crippen LogP contribution in [0.1, 0.15) is 5.56 Å². The maximum absolute atomic E-state index is 12.8. The third-order valence-corrected chi connectivity index (χ3v) is 3.50. The largest absolute Gasteiger partial charge is 0.416 e. The molecule has 2 aromatic heterocycles. The SMILES string of the molecule is Nc1cc(-c2cccc(C(F)(F)F)c2)nc2c(Br)cnn12. The molecule has 21 heavy (non-hydrogen) atoms. The molecule has 0 atom stereocenters. The molecule has 0 unspecified atom stereocenters. The van der Waals surface area contributed by atoms with Crippen molar-refractivity contribution < 1.29 is 13.2 Å². The van der Waals surface area contributed by atoms with Crippen LogP contribution in [-0.2, 0) is 6.18 Å². The molecule has 0 amide bonds. The van der Waals surface area contributed by atoms with Gasteiger partial charge in [-0.2, -0.15) is 22.8 Å². The predicted octanol–water partition coefficient (Wildman–Crippen LogP) is 3.76. The molecule has 108 valence electrons. The molecule has 0 aliphatic heterocycles. The first-order chi connectivity index (χ1) is 9.86. The normalized spacial score (nSPS) is 12.0. The van der Waals surface area contributed by atoms with Gasteiger partial charge in [-0.15, -0.1) is 0 Å². The number of nitrogen functional groups attached to an aromatic ring is 1. The standard InChI is InChI=1S/C13H8BrF3N4/c14-9-6-19-21-11(18)5-10(20-12(9)21)7-2-1-3-8(4-7)13(15,16)17/h1-6H,18H2. The molecule has 0 saturated carbocycles. The number of hydrogen-bond donors (Lipinski definition) is 1. The van der Waals surface area contributed by atoms with Crippen molar-refractivity contribution in [1.82, 2.24) is 14.6 Å². The molecule has 3 rings (SSSR count). The number of nitrogens with two attached hydrogens (primary N) is 1. The van der Waals surface area contributed by atoms with Gasteiger partial charge in [0.05, 0.1) is 21.9 Å². The summed E-state index contributed by atoms with van der Waals surface area (Å²) in [7, 11) is 0. The van der Waals surface area contributed by atoms with Crippen molar-refractivity contribution in [3.05, 3.63) is 46.6 Å². The Morgan fingerprint density at radius 3 is 2.67 bits per heavy atom. The number of benzene rings is 1. The van der Waals surface area contributed by atoms with E-state index >= 15 is 0 Å². The van der Waals surface area contributed by atoms with Crippen LogP contribution in [0.3, 0.4) is 0 Å². The van der Waals surface area contributed by atoms with Crippen molar-refractivity contribution in [2.45, 2.75) is 6.18 Å². The lowest BCUT2D eigenvalue weighted by Gasteiger charge is -2.09. The van der Waals surface area contributed by atoms with Crippen LogP contribution in [0.15, 0.2) is 41.0 Å². The number of anilines is 1. The summed E-state index contributed by atoms with van der Waals surface area (Å²) >= 11 is 3.27. The van der Waals surface area contributed by atoms with Gasteiger partial charge in [-0.3, -0.25) is 0 Å². The first-order valence-electron chi connectivity index (χ1n) is 5.83. The summed E-state index contributed by atoms with van der Waals surface area (Å²) < 4.78 is 40.3. The van der Waals surface area contributed by atoms with E-state index in [0.717, 1.165) is 12.1 Å². The summed E-state index contributed by atoms with van der Waals surface area (Å²) in [4.78, 5) is 4.30. The van der Waals surface area contributed by atoms with Gasteiger partial charge in [0.15, 0.2) is 5.65 Å². The molecule has 3 aromatic rings. The first kappa shape index (κ1) is 13.9. The van der Waals surface area contributed by atoms with Crippen LogP contribution < -0.4 is 5.73 Å². The summed E-state index contributed by atoms with van der Waals surface area (Å²) in [6.45, 7) is 0. The van der Waals surface area contributed by atoms with Crippen LogP contribution in [0.5, 0.6) is 0 Å².